The van der Waals surface area contributed by atoms with E-state index in [4.69, 9.17) is 21.1 Å². The van der Waals surface area contributed by atoms with Crippen molar-refractivity contribution >= 4 is 27.1 Å². The predicted octanol–water partition coefficient (Wildman–Crippen LogP) is 4.28. The number of hydrogen-bond donors (Lipinski definition) is 1. The maximum atomic E-state index is 12.4. The van der Waals surface area contributed by atoms with Crippen LogP contribution < -0.4 is 5.56 Å². The molecule has 37 heavy (non-hydrogen) atoms. The van der Waals surface area contributed by atoms with E-state index >= 15 is 0 Å². The monoisotopic (exact) mass is 546 g/mol. The molecule has 1 N–H and O–H groups in total. The van der Waals surface area contributed by atoms with E-state index in [1.807, 2.05) is 19.1 Å². The van der Waals surface area contributed by atoms with Gasteiger partial charge in [0, 0.05) is 55.1 Å². The van der Waals surface area contributed by atoms with Gasteiger partial charge in [0.1, 0.15) is 0 Å². The molecule has 1 unspecified atom stereocenters. The summed E-state index contributed by atoms with van der Waals surface area (Å²) in [7, 11) is -1.76. The Kier molecular flexibility index (Phi) is 10.0. The smallest absolute Gasteiger partial charge is 0.250 e. The molecule has 0 radical (unpaired) electrons. The van der Waals surface area contributed by atoms with Crippen LogP contribution in [-0.2, 0) is 25.9 Å². The van der Waals surface area contributed by atoms with Crippen molar-refractivity contribution in [3.8, 4) is 0 Å². The molecule has 10 heteroatoms. The lowest BCUT2D eigenvalue weighted by atomic mass is 9.83. The van der Waals surface area contributed by atoms with Crippen LogP contribution >= 0.6 is 11.6 Å². The minimum absolute atomic E-state index is 0.196. The molecule has 0 spiro atoms. The van der Waals surface area contributed by atoms with Gasteiger partial charge in [-0.3, -0.25) is 4.79 Å². The van der Waals surface area contributed by atoms with Gasteiger partial charge in [-0.25, -0.2) is 8.42 Å². The molecule has 198 valence electrons. The lowest BCUT2D eigenvalue weighted by Crippen LogP contribution is -2.23. The Balaban J connectivity index is 1.95. The molecule has 0 fully saturated rings. The molecule has 0 aliphatic rings. The first-order valence-electron chi connectivity index (χ1n) is 11.7. The first kappa shape index (κ1) is 28.6. The fourth-order valence-corrected chi connectivity index (χ4v) is 4.94. The molecule has 0 bridgehead atoms. The SMILES string of the molecule is COCCOCCn1cc(/C(CC(c2ccc(S(C)(=O)=O)cc2)c2ccc(Cl)cc2C)=N\O)ccc1=O. The van der Waals surface area contributed by atoms with Crippen molar-refractivity contribution in [3.63, 3.8) is 0 Å². The van der Waals surface area contributed by atoms with Crippen molar-refractivity contribution in [1.82, 2.24) is 4.57 Å². The zero-order valence-corrected chi connectivity index (χ0v) is 22.6. The highest BCUT2D eigenvalue weighted by Gasteiger charge is 2.22. The number of pyridine rings is 1. The number of halogens is 1. The highest BCUT2D eigenvalue weighted by atomic mass is 35.5. The summed E-state index contributed by atoms with van der Waals surface area (Å²) >= 11 is 6.19. The number of ether oxygens (including phenoxy) is 2. The Morgan fingerprint density at radius 3 is 2.43 bits per heavy atom. The van der Waals surface area contributed by atoms with Crippen molar-refractivity contribution in [2.45, 2.75) is 30.7 Å². The molecule has 8 nitrogen and oxygen atoms in total. The van der Waals surface area contributed by atoms with Crippen molar-refractivity contribution in [3.05, 3.63) is 98.4 Å². The zero-order chi connectivity index (χ0) is 27.0. The van der Waals surface area contributed by atoms with E-state index in [-0.39, 0.29) is 16.4 Å². The molecule has 0 saturated carbocycles. The summed E-state index contributed by atoms with van der Waals surface area (Å²) in [6.45, 7) is 3.50. The number of nitrogens with zero attached hydrogens (tertiary/aromatic N) is 2. The second-order valence-electron chi connectivity index (χ2n) is 8.70. The van der Waals surface area contributed by atoms with Crippen LogP contribution in [0.25, 0.3) is 0 Å². The largest absolute Gasteiger partial charge is 0.411 e. The molecular formula is C27H31ClN2O6S. The van der Waals surface area contributed by atoms with E-state index < -0.39 is 9.84 Å². The van der Waals surface area contributed by atoms with E-state index in [0.29, 0.717) is 49.1 Å². The van der Waals surface area contributed by atoms with Crippen molar-refractivity contribution in [1.29, 1.82) is 0 Å². The van der Waals surface area contributed by atoms with Gasteiger partial charge in [-0.2, -0.15) is 0 Å². The molecule has 0 amide bonds. The fourth-order valence-electron chi connectivity index (χ4n) is 4.08. The molecule has 0 saturated heterocycles. The Hall–Kier alpha value is -2.98. The average molecular weight is 547 g/mol. The molecular weight excluding hydrogens is 516 g/mol. The number of sulfone groups is 1. The Morgan fingerprint density at radius 1 is 1.08 bits per heavy atom. The summed E-state index contributed by atoms with van der Waals surface area (Å²) in [4.78, 5) is 12.6. The van der Waals surface area contributed by atoms with Crippen LogP contribution in [0.5, 0.6) is 0 Å². The molecule has 2 aromatic carbocycles. The number of rotatable bonds is 12. The van der Waals surface area contributed by atoms with E-state index in [0.717, 1.165) is 22.9 Å². The fraction of sp³-hybridized carbons (Fsp3) is 0.333. The van der Waals surface area contributed by atoms with Gasteiger partial charge in [0.05, 0.1) is 30.4 Å². The number of aromatic nitrogens is 1. The zero-order valence-electron chi connectivity index (χ0n) is 21.1. The maximum Gasteiger partial charge on any atom is 0.250 e. The van der Waals surface area contributed by atoms with Crippen molar-refractivity contribution in [2.24, 2.45) is 5.16 Å². The minimum Gasteiger partial charge on any atom is -0.411 e. The third kappa shape index (κ3) is 7.75. The number of benzene rings is 2. The first-order chi connectivity index (χ1) is 17.6. The van der Waals surface area contributed by atoms with E-state index in [9.17, 15) is 18.4 Å². The summed E-state index contributed by atoms with van der Waals surface area (Å²) in [5.41, 5.74) is 3.51. The highest BCUT2D eigenvalue weighted by Crippen LogP contribution is 2.33. The van der Waals surface area contributed by atoms with Crippen LogP contribution in [0.3, 0.4) is 0 Å². The number of oxime groups is 1. The van der Waals surface area contributed by atoms with Crippen molar-refractivity contribution < 1.29 is 23.1 Å². The molecule has 3 aromatic rings. The van der Waals surface area contributed by atoms with Crippen LogP contribution in [0.15, 0.2) is 75.6 Å². The molecule has 3 rings (SSSR count). The Bertz CT molecular complexity index is 1400. The summed E-state index contributed by atoms with van der Waals surface area (Å²) in [5, 5.41) is 14.2. The van der Waals surface area contributed by atoms with Gasteiger partial charge in [-0.1, -0.05) is 35.0 Å². The molecule has 0 aliphatic heterocycles. The molecule has 1 atom stereocenters. The highest BCUT2D eigenvalue weighted by molar-refractivity contribution is 7.90. The number of methoxy groups -OCH3 is 1. The minimum atomic E-state index is -3.35. The maximum absolute atomic E-state index is 12.4. The van der Waals surface area contributed by atoms with Gasteiger partial charge in [0.25, 0.3) is 5.56 Å². The quantitative estimate of drug-likeness (QED) is 0.157. The second-order valence-corrected chi connectivity index (χ2v) is 11.2. The topological polar surface area (TPSA) is 107 Å². The van der Waals surface area contributed by atoms with E-state index in [1.54, 1.807) is 49.7 Å². The van der Waals surface area contributed by atoms with Gasteiger partial charge in [0.2, 0.25) is 0 Å². The molecule has 1 aromatic heterocycles. The normalized spacial score (nSPS) is 13.0. The Morgan fingerprint density at radius 2 is 1.81 bits per heavy atom. The van der Waals surface area contributed by atoms with Crippen LogP contribution in [-0.4, -0.2) is 57.1 Å². The van der Waals surface area contributed by atoms with Crippen molar-refractivity contribution in [2.75, 3.05) is 33.2 Å². The van der Waals surface area contributed by atoms with Gasteiger partial charge in [-0.05, 0) is 53.9 Å². The predicted molar refractivity (Wildman–Crippen MR) is 144 cm³/mol. The van der Waals surface area contributed by atoms with Crippen LogP contribution in [0, 0.1) is 6.92 Å². The Labute approximate surface area is 222 Å². The number of hydrogen-bond acceptors (Lipinski definition) is 7. The number of aryl methyl sites for hydroxylation is 1. The average Bonchev–Trinajstić information content (AvgIpc) is 2.86. The van der Waals surface area contributed by atoms with Gasteiger partial charge >= 0.3 is 0 Å². The lowest BCUT2D eigenvalue weighted by molar-refractivity contribution is 0.0663. The standard InChI is InChI=1S/C27H31ClN2O6S/c1-19-16-22(28)7-10-24(19)25(20-4-8-23(9-5-20)37(3,33)34)17-26(29-32)21-6-11-27(31)30(18-21)12-13-36-15-14-35-2/h4-11,16,18,25,32H,12-15,17H2,1-3H3/b29-26-. The van der Waals surface area contributed by atoms with Crippen LogP contribution in [0.2, 0.25) is 5.02 Å². The summed E-state index contributed by atoms with van der Waals surface area (Å²) in [5.74, 6) is -0.269. The van der Waals surface area contributed by atoms with E-state index in [2.05, 4.69) is 5.16 Å². The third-order valence-electron chi connectivity index (χ3n) is 6.06. The lowest BCUT2D eigenvalue weighted by Gasteiger charge is -2.21. The summed E-state index contributed by atoms with van der Waals surface area (Å²) < 4.78 is 35.9. The molecule has 0 aliphatic carbocycles. The first-order valence-corrected chi connectivity index (χ1v) is 14.0. The van der Waals surface area contributed by atoms with Crippen LogP contribution in [0.4, 0.5) is 0 Å². The van der Waals surface area contributed by atoms with Crippen LogP contribution in [0.1, 0.15) is 34.6 Å². The van der Waals surface area contributed by atoms with Gasteiger partial charge in [-0.15, -0.1) is 0 Å². The third-order valence-corrected chi connectivity index (χ3v) is 7.42. The van der Waals surface area contributed by atoms with Gasteiger partial charge in [0.15, 0.2) is 9.84 Å². The second kappa shape index (κ2) is 13.0. The van der Waals surface area contributed by atoms with E-state index in [1.165, 1.54) is 10.6 Å². The van der Waals surface area contributed by atoms with Gasteiger partial charge < -0.3 is 19.2 Å². The summed E-state index contributed by atoms with van der Waals surface area (Å²) in [6.07, 6.45) is 3.10. The molecule has 1 heterocycles. The summed E-state index contributed by atoms with van der Waals surface area (Å²) in [6, 6.07) is 15.3.